The van der Waals surface area contributed by atoms with E-state index in [0.29, 0.717) is 17.2 Å². The summed E-state index contributed by atoms with van der Waals surface area (Å²) in [5, 5.41) is 7.37. The third-order valence-electron chi connectivity index (χ3n) is 5.41. The Hall–Kier alpha value is -0.960. The molecule has 2 aliphatic rings. The maximum atomic E-state index is 12.6. The lowest BCUT2D eigenvalue weighted by Gasteiger charge is -2.22. The van der Waals surface area contributed by atoms with Crippen molar-refractivity contribution >= 4 is 47.6 Å². The van der Waals surface area contributed by atoms with E-state index in [4.69, 9.17) is 0 Å². The van der Waals surface area contributed by atoms with E-state index in [1.165, 1.54) is 17.7 Å². The molecule has 28 heavy (non-hydrogen) atoms. The highest BCUT2D eigenvalue weighted by Crippen LogP contribution is 2.28. The standard InChI is InChI=1S/C21H32N4OS.HI/c1-16(27-19-10-4-3-5-11-19)14-23-21(22-2)24-18-12-13-25(15-18)20(26)17-8-6-7-9-17;/h3-5,10-11,16-18H,6-9,12-15H2,1-2H3,(H2,22,23,24);1H. The van der Waals surface area contributed by atoms with Gasteiger partial charge in [-0.15, -0.1) is 35.7 Å². The predicted molar refractivity (Wildman–Crippen MR) is 129 cm³/mol. The van der Waals surface area contributed by atoms with Gasteiger partial charge in [-0.1, -0.05) is 38.0 Å². The number of hydrogen-bond donors (Lipinski definition) is 2. The fraction of sp³-hybridized carbons (Fsp3) is 0.619. The second kappa shape index (κ2) is 11.9. The number of amides is 1. The lowest BCUT2D eigenvalue weighted by molar-refractivity contribution is -0.134. The number of hydrogen-bond acceptors (Lipinski definition) is 3. The maximum Gasteiger partial charge on any atom is 0.225 e. The molecular weight excluding hydrogens is 483 g/mol. The van der Waals surface area contributed by atoms with Crippen molar-refractivity contribution in [1.29, 1.82) is 0 Å². The van der Waals surface area contributed by atoms with Gasteiger partial charge in [0.2, 0.25) is 5.91 Å². The molecule has 2 atom stereocenters. The van der Waals surface area contributed by atoms with E-state index in [9.17, 15) is 4.79 Å². The first-order valence-corrected chi connectivity index (χ1v) is 11.0. The molecule has 3 rings (SSSR count). The molecule has 0 bridgehead atoms. The minimum Gasteiger partial charge on any atom is -0.355 e. The quantitative estimate of drug-likeness (QED) is 0.262. The molecule has 0 radical (unpaired) electrons. The average molecular weight is 516 g/mol. The molecule has 1 amide bonds. The molecule has 1 saturated heterocycles. The minimum absolute atomic E-state index is 0. The van der Waals surface area contributed by atoms with Crippen LogP contribution in [0, 0.1) is 5.92 Å². The summed E-state index contributed by atoms with van der Waals surface area (Å²) in [6.07, 6.45) is 5.57. The van der Waals surface area contributed by atoms with Gasteiger partial charge in [0.25, 0.3) is 0 Å². The highest BCUT2D eigenvalue weighted by atomic mass is 127. The van der Waals surface area contributed by atoms with Crippen molar-refractivity contribution in [3.8, 4) is 0 Å². The van der Waals surface area contributed by atoms with Gasteiger partial charge in [0.1, 0.15) is 0 Å². The van der Waals surface area contributed by atoms with Gasteiger partial charge in [-0.2, -0.15) is 0 Å². The van der Waals surface area contributed by atoms with Crippen LogP contribution in [-0.4, -0.2) is 54.7 Å². The van der Waals surface area contributed by atoms with Crippen molar-refractivity contribution in [3.63, 3.8) is 0 Å². The van der Waals surface area contributed by atoms with E-state index < -0.39 is 0 Å². The van der Waals surface area contributed by atoms with Gasteiger partial charge < -0.3 is 15.5 Å². The smallest absolute Gasteiger partial charge is 0.225 e. The van der Waals surface area contributed by atoms with Crippen LogP contribution < -0.4 is 10.6 Å². The summed E-state index contributed by atoms with van der Waals surface area (Å²) >= 11 is 1.86. The Morgan fingerprint density at radius 3 is 2.64 bits per heavy atom. The third-order valence-corrected chi connectivity index (χ3v) is 6.52. The van der Waals surface area contributed by atoms with Crippen LogP contribution >= 0.6 is 35.7 Å². The molecule has 1 aromatic rings. The zero-order chi connectivity index (χ0) is 19.1. The molecule has 1 saturated carbocycles. The number of benzene rings is 1. The number of aliphatic imine (C=N–C) groups is 1. The number of halogens is 1. The molecule has 0 aromatic heterocycles. The Morgan fingerprint density at radius 1 is 1.25 bits per heavy atom. The van der Waals surface area contributed by atoms with Gasteiger partial charge in [0.15, 0.2) is 5.96 Å². The lowest BCUT2D eigenvalue weighted by atomic mass is 10.1. The van der Waals surface area contributed by atoms with E-state index in [-0.39, 0.29) is 29.9 Å². The molecule has 5 nitrogen and oxygen atoms in total. The van der Waals surface area contributed by atoms with Gasteiger partial charge in [-0.3, -0.25) is 9.79 Å². The van der Waals surface area contributed by atoms with Gasteiger partial charge in [-0.05, 0) is 31.4 Å². The first-order chi connectivity index (χ1) is 13.2. The predicted octanol–water partition coefficient (Wildman–Crippen LogP) is 3.74. The van der Waals surface area contributed by atoms with Crippen molar-refractivity contribution in [2.75, 3.05) is 26.7 Å². The number of nitrogens with one attached hydrogen (secondary N) is 2. The number of likely N-dealkylation sites (tertiary alicyclic amines) is 1. The summed E-state index contributed by atoms with van der Waals surface area (Å²) in [5.74, 6) is 1.47. The van der Waals surface area contributed by atoms with Gasteiger partial charge in [-0.25, -0.2) is 0 Å². The Kier molecular flexibility index (Phi) is 9.91. The van der Waals surface area contributed by atoms with E-state index >= 15 is 0 Å². The summed E-state index contributed by atoms with van der Waals surface area (Å²) in [7, 11) is 1.81. The number of thioether (sulfide) groups is 1. The van der Waals surface area contributed by atoms with Crippen molar-refractivity contribution in [3.05, 3.63) is 30.3 Å². The zero-order valence-electron chi connectivity index (χ0n) is 16.9. The zero-order valence-corrected chi connectivity index (χ0v) is 20.0. The van der Waals surface area contributed by atoms with E-state index in [0.717, 1.165) is 44.9 Å². The van der Waals surface area contributed by atoms with Crippen molar-refractivity contribution in [1.82, 2.24) is 15.5 Å². The van der Waals surface area contributed by atoms with Crippen LogP contribution in [0.2, 0.25) is 0 Å². The first-order valence-electron chi connectivity index (χ1n) is 10.1. The minimum atomic E-state index is 0. The van der Waals surface area contributed by atoms with Gasteiger partial charge in [0, 0.05) is 48.8 Å². The number of nitrogens with zero attached hydrogens (tertiary/aromatic N) is 2. The first kappa shape index (κ1) is 23.3. The van der Waals surface area contributed by atoms with Gasteiger partial charge in [0.05, 0.1) is 0 Å². The number of rotatable bonds is 6. The van der Waals surface area contributed by atoms with Crippen LogP contribution in [0.15, 0.2) is 40.2 Å². The number of carbonyl (C=O) groups is 1. The summed E-state index contributed by atoms with van der Waals surface area (Å²) in [6, 6.07) is 10.8. The monoisotopic (exact) mass is 516 g/mol. The van der Waals surface area contributed by atoms with Crippen LogP contribution in [0.1, 0.15) is 39.0 Å². The van der Waals surface area contributed by atoms with E-state index in [2.05, 4.69) is 51.7 Å². The molecule has 1 aliphatic heterocycles. The summed E-state index contributed by atoms with van der Waals surface area (Å²) in [5.41, 5.74) is 0. The van der Waals surface area contributed by atoms with E-state index in [1.54, 1.807) is 7.05 Å². The molecule has 2 N–H and O–H groups in total. The second-order valence-corrected chi connectivity index (χ2v) is 9.10. The fourth-order valence-corrected chi connectivity index (χ4v) is 4.86. The Labute approximate surface area is 190 Å². The molecule has 2 fully saturated rings. The summed E-state index contributed by atoms with van der Waals surface area (Å²) < 4.78 is 0. The Balaban J connectivity index is 0.00000280. The molecule has 156 valence electrons. The number of carbonyl (C=O) groups excluding carboxylic acids is 1. The average Bonchev–Trinajstić information content (AvgIpc) is 3.37. The Morgan fingerprint density at radius 2 is 1.96 bits per heavy atom. The van der Waals surface area contributed by atoms with Crippen molar-refractivity contribution in [2.45, 2.75) is 55.2 Å². The topological polar surface area (TPSA) is 56.7 Å². The van der Waals surface area contributed by atoms with E-state index in [1.807, 2.05) is 17.8 Å². The normalized spacial score (nSPS) is 21.3. The van der Waals surface area contributed by atoms with Gasteiger partial charge >= 0.3 is 0 Å². The van der Waals surface area contributed by atoms with Crippen LogP contribution in [0.3, 0.4) is 0 Å². The molecule has 2 unspecified atom stereocenters. The maximum absolute atomic E-state index is 12.6. The fourth-order valence-electron chi connectivity index (χ4n) is 3.91. The second-order valence-electron chi connectivity index (χ2n) is 7.59. The van der Waals surface area contributed by atoms with Crippen molar-refractivity contribution < 1.29 is 4.79 Å². The SMILES string of the molecule is CN=C(NCC(C)Sc1ccccc1)NC1CCN(C(=O)C2CCCC2)C1.I. The Bertz CT molecular complexity index is 637. The highest BCUT2D eigenvalue weighted by Gasteiger charge is 2.32. The summed E-state index contributed by atoms with van der Waals surface area (Å²) in [4.78, 5) is 20.3. The molecule has 7 heteroatoms. The molecular formula is C21H33IN4OS. The molecule has 1 heterocycles. The summed E-state index contributed by atoms with van der Waals surface area (Å²) in [6.45, 7) is 4.72. The third kappa shape index (κ3) is 6.83. The van der Waals surface area contributed by atoms with Crippen LogP contribution in [0.5, 0.6) is 0 Å². The lowest BCUT2D eigenvalue weighted by Crippen LogP contribution is -2.46. The van der Waals surface area contributed by atoms with Crippen LogP contribution in [0.25, 0.3) is 0 Å². The van der Waals surface area contributed by atoms with Crippen LogP contribution in [-0.2, 0) is 4.79 Å². The molecule has 1 aromatic carbocycles. The molecule has 1 aliphatic carbocycles. The molecule has 0 spiro atoms. The largest absolute Gasteiger partial charge is 0.355 e. The van der Waals surface area contributed by atoms with Crippen molar-refractivity contribution in [2.24, 2.45) is 10.9 Å². The van der Waals surface area contributed by atoms with Crippen LogP contribution in [0.4, 0.5) is 0 Å². The highest BCUT2D eigenvalue weighted by molar-refractivity contribution is 14.0. The number of guanidine groups is 1.